The van der Waals surface area contributed by atoms with Crippen LogP contribution in [0.2, 0.25) is 0 Å². The summed E-state index contributed by atoms with van der Waals surface area (Å²) in [4.78, 5) is 21.7. The van der Waals surface area contributed by atoms with Gasteiger partial charge in [0.2, 0.25) is 0 Å². The lowest BCUT2D eigenvalue weighted by Gasteiger charge is -1.95. The number of carbonyl (C=O) groups is 2. The van der Waals surface area contributed by atoms with Gasteiger partial charge in [0, 0.05) is 19.2 Å². The van der Waals surface area contributed by atoms with E-state index in [2.05, 4.69) is 5.10 Å². The van der Waals surface area contributed by atoms with Crippen molar-refractivity contribution in [3.8, 4) is 0 Å². The minimum atomic E-state index is -0.954. The number of nitrogens with zero attached hydrogens (tertiary/aromatic N) is 2. The van der Waals surface area contributed by atoms with E-state index in [0.29, 0.717) is 5.56 Å². The van der Waals surface area contributed by atoms with Gasteiger partial charge < -0.3 is 5.11 Å². The lowest BCUT2D eigenvalue weighted by Crippen LogP contribution is -2.03. The molecule has 0 saturated heterocycles. The van der Waals surface area contributed by atoms with E-state index >= 15 is 0 Å². The Morgan fingerprint density at radius 1 is 1.47 bits per heavy atom. The molecule has 5 nitrogen and oxygen atoms in total. The SMILES string of the molecule is CCCn1cc(C(=O)CCC(=O)O)cn1. The number of carbonyl (C=O) groups excluding carboxylic acids is 1. The monoisotopic (exact) mass is 210 g/mol. The summed E-state index contributed by atoms with van der Waals surface area (Å²) in [5.74, 6) is -1.12. The molecule has 0 bridgehead atoms. The van der Waals surface area contributed by atoms with Gasteiger partial charge in [-0.05, 0) is 6.42 Å². The molecule has 0 aromatic carbocycles. The fourth-order valence-electron chi connectivity index (χ4n) is 1.22. The van der Waals surface area contributed by atoms with Crippen LogP contribution in [0.3, 0.4) is 0 Å². The summed E-state index contributed by atoms with van der Waals surface area (Å²) in [5.41, 5.74) is 0.490. The molecule has 1 rings (SSSR count). The summed E-state index contributed by atoms with van der Waals surface area (Å²) < 4.78 is 1.69. The zero-order chi connectivity index (χ0) is 11.3. The summed E-state index contributed by atoms with van der Waals surface area (Å²) in [5, 5.41) is 12.4. The van der Waals surface area contributed by atoms with E-state index in [1.807, 2.05) is 6.92 Å². The van der Waals surface area contributed by atoms with Gasteiger partial charge in [0.15, 0.2) is 5.78 Å². The number of aromatic nitrogens is 2. The van der Waals surface area contributed by atoms with E-state index in [-0.39, 0.29) is 18.6 Å². The predicted octanol–water partition coefficient (Wildman–Crippen LogP) is 1.34. The van der Waals surface area contributed by atoms with Crippen molar-refractivity contribution >= 4 is 11.8 Å². The maximum Gasteiger partial charge on any atom is 0.303 e. The third kappa shape index (κ3) is 3.53. The summed E-state index contributed by atoms with van der Waals surface area (Å²) in [6.07, 6.45) is 4.00. The number of rotatable bonds is 6. The molecular weight excluding hydrogens is 196 g/mol. The number of carboxylic acid groups (broad SMARTS) is 1. The molecule has 0 amide bonds. The number of ketones is 1. The zero-order valence-electron chi connectivity index (χ0n) is 8.64. The molecule has 0 unspecified atom stereocenters. The molecular formula is C10H14N2O3. The van der Waals surface area contributed by atoms with E-state index in [1.54, 1.807) is 10.9 Å². The highest BCUT2D eigenvalue weighted by Crippen LogP contribution is 2.05. The highest BCUT2D eigenvalue weighted by molar-refractivity contribution is 5.96. The summed E-state index contributed by atoms with van der Waals surface area (Å²) in [6.45, 7) is 2.79. The van der Waals surface area contributed by atoms with Crippen molar-refractivity contribution in [3.05, 3.63) is 18.0 Å². The first-order chi connectivity index (χ1) is 7.13. The number of aliphatic carboxylic acids is 1. The van der Waals surface area contributed by atoms with Crippen LogP contribution in [0.4, 0.5) is 0 Å². The normalized spacial score (nSPS) is 10.2. The van der Waals surface area contributed by atoms with Crippen molar-refractivity contribution in [3.63, 3.8) is 0 Å². The van der Waals surface area contributed by atoms with Gasteiger partial charge in [-0.2, -0.15) is 5.10 Å². The molecule has 0 aliphatic rings. The predicted molar refractivity (Wildman–Crippen MR) is 53.7 cm³/mol. The van der Waals surface area contributed by atoms with Crippen LogP contribution < -0.4 is 0 Å². The Balaban J connectivity index is 2.54. The molecule has 1 aromatic rings. The third-order valence-electron chi connectivity index (χ3n) is 1.97. The highest BCUT2D eigenvalue weighted by Gasteiger charge is 2.10. The van der Waals surface area contributed by atoms with Crippen molar-refractivity contribution in [1.29, 1.82) is 0 Å². The van der Waals surface area contributed by atoms with E-state index < -0.39 is 5.97 Å². The fraction of sp³-hybridized carbons (Fsp3) is 0.500. The lowest BCUT2D eigenvalue weighted by molar-refractivity contribution is -0.136. The largest absolute Gasteiger partial charge is 0.481 e. The number of carboxylic acids is 1. The average Bonchev–Trinajstić information content (AvgIpc) is 2.63. The molecule has 0 saturated carbocycles. The first-order valence-electron chi connectivity index (χ1n) is 4.91. The van der Waals surface area contributed by atoms with Crippen LogP contribution in [-0.2, 0) is 11.3 Å². The van der Waals surface area contributed by atoms with Crippen LogP contribution in [0.15, 0.2) is 12.4 Å². The molecule has 82 valence electrons. The van der Waals surface area contributed by atoms with Gasteiger partial charge in [-0.25, -0.2) is 0 Å². The van der Waals surface area contributed by atoms with Gasteiger partial charge in [-0.3, -0.25) is 14.3 Å². The standard InChI is InChI=1S/C10H14N2O3/c1-2-5-12-7-8(6-11-12)9(13)3-4-10(14)15/h6-7H,2-5H2,1H3,(H,14,15). The molecule has 0 atom stereocenters. The van der Waals surface area contributed by atoms with E-state index in [9.17, 15) is 9.59 Å². The Labute approximate surface area is 87.7 Å². The Kier molecular flexibility index (Phi) is 4.03. The van der Waals surface area contributed by atoms with Gasteiger partial charge in [-0.15, -0.1) is 0 Å². The van der Waals surface area contributed by atoms with Crippen molar-refractivity contribution in [2.75, 3.05) is 0 Å². The average molecular weight is 210 g/mol. The van der Waals surface area contributed by atoms with Gasteiger partial charge in [-0.1, -0.05) is 6.92 Å². The number of Topliss-reactive ketones (excluding diaryl/α,β-unsaturated/α-hetero) is 1. The smallest absolute Gasteiger partial charge is 0.303 e. The van der Waals surface area contributed by atoms with Crippen LogP contribution in [0.1, 0.15) is 36.5 Å². The zero-order valence-corrected chi connectivity index (χ0v) is 8.64. The molecule has 1 heterocycles. The maximum atomic E-state index is 11.5. The topological polar surface area (TPSA) is 72.2 Å². The molecule has 1 N–H and O–H groups in total. The molecule has 0 aliphatic carbocycles. The highest BCUT2D eigenvalue weighted by atomic mass is 16.4. The molecule has 0 spiro atoms. The van der Waals surface area contributed by atoms with Gasteiger partial charge in [0.05, 0.1) is 18.2 Å². The van der Waals surface area contributed by atoms with Crippen LogP contribution in [-0.4, -0.2) is 26.6 Å². The number of hydrogen-bond donors (Lipinski definition) is 1. The molecule has 1 aromatic heterocycles. The summed E-state index contributed by atoms with van der Waals surface area (Å²) in [6, 6.07) is 0. The molecule has 15 heavy (non-hydrogen) atoms. The fourth-order valence-corrected chi connectivity index (χ4v) is 1.22. The Hall–Kier alpha value is -1.65. The Bertz CT molecular complexity index is 357. The second-order valence-corrected chi connectivity index (χ2v) is 3.31. The van der Waals surface area contributed by atoms with Crippen LogP contribution in [0.25, 0.3) is 0 Å². The molecule has 5 heteroatoms. The van der Waals surface area contributed by atoms with E-state index in [1.165, 1.54) is 6.20 Å². The van der Waals surface area contributed by atoms with E-state index in [4.69, 9.17) is 5.11 Å². The number of hydrogen-bond acceptors (Lipinski definition) is 3. The minimum Gasteiger partial charge on any atom is -0.481 e. The van der Waals surface area contributed by atoms with Crippen LogP contribution in [0, 0.1) is 0 Å². The first-order valence-corrected chi connectivity index (χ1v) is 4.91. The van der Waals surface area contributed by atoms with E-state index in [0.717, 1.165) is 13.0 Å². The van der Waals surface area contributed by atoms with Gasteiger partial charge >= 0.3 is 5.97 Å². The van der Waals surface area contributed by atoms with Crippen molar-refractivity contribution in [2.45, 2.75) is 32.7 Å². The molecule has 0 radical (unpaired) electrons. The quantitative estimate of drug-likeness (QED) is 0.719. The lowest BCUT2D eigenvalue weighted by atomic mass is 10.1. The first kappa shape index (κ1) is 11.4. The Morgan fingerprint density at radius 2 is 2.20 bits per heavy atom. The van der Waals surface area contributed by atoms with Crippen molar-refractivity contribution in [1.82, 2.24) is 9.78 Å². The number of aryl methyl sites for hydroxylation is 1. The van der Waals surface area contributed by atoms with Crippen molar-refractivity contribution < 1.29 is 14.7 Å². The van der Waals surface area contributed by atoms with Crippen LogP contribution >= 0.6 is 0 Å². The second-order valence-electron chi connectivity index (χ2n) is 3.31. The third-order valence-corrected chi connectivity index (χ3v) is 1.97. The summed E-state index contributed by atoms with van der Waals surface area (Å²) >= 11 is 0. The molecule has 0 fully saturated rings. The second kappa shape index (κ2) is 5.29. The maximum absolute atomic E-state index is 11.5. The molecule has 0 aliphatic heterocycles. The minimum absolute atomic E-state index is 0.0349. The summed E-state index contributed by atoms with van der Waals surface area (Å²) in [7, 11) is 0. The van der Waals surface area contributed by atoms with Gasteiger partial charge in [0.25, 0.3) is 0 Å². The van der Waals surface area contributed by atoms with Crippen LogP contribution in [0.5, 0.6) is 0 Å². The Morgan fingerprint density at radius 3 is 2.80 bits per heavy atom. The van der Waals surface area contributed by atoms with Crippen molar-refractivity contribution in [2.24, 2.45) is 0 Å². The van der Waals surface area contributed by atoms with Gasteiger partial charge in [0.1, 0.15) is 0 Å².